The predicted molar refractivity (Wildman–Crippen MR) is 100 cm³/mol. The van der Waals surface area contributed by atoms with Crippen LogP contribution in [0.4, 0.5) is 10.1 Å². The highest BCUT2D eigenvalue weighted by molar-refractivity contribution is 8.14. The van der Waals surface area contributed by atoms with Crippen molar-refractivity contribution in [2.75, 3.05) is 17.3 Å². The number of carbonyl (C=O) groups excluding carboxylic acids is 1. The van der Waals surface area contributed by atoms with E-state index in [0.717, 1.165) is 5.75 Å². The number of nitrogens with zero attached hydrogens (tertiary/aromatic N) is 2. The molecule has 130 valence electrons. The maximum atomic E-state index is 13.7. The van der Waals surface area contributed by atoms with Gasteiger partial charge < -0.3 is 4.74 Å². The molecular weight excluding hydrogens is 363 g/mol. The second-order valence-electron chi connectivity index (χ2n) is 5.50. The third-order valence-electron chi connectivity index (χ3n) is 3.50. The molecule has 1 amide bonds. The summed E-state index contributed by atoms with van der Waals surface area (Å²) >= 11 is 7.44. The molecular formula is C18H16ClFN2O2S. The number of ether oxygens (including phenoxy) is 1. The minimum absolute atomic E-state index is 0.0429. The number of hydrogen-bond donors (Lipinski definition) is 0. The monoisotopic (exact) mass is 378 g/mol. The second-order valence-corrected chi connectivity index (χ2v) is 6.92. The Labute approximate surface area is 154 Å². The third-order valence-corrected chi connectivity index (χ3v) is 4.95. The van der Waals surface area contributed by atoms with Crippen molar-refractivity contribution in [3.8, 4) is 5.75 Å². The zero-order valence-corrected chi connectivity index (χ0v) is 15.1. The Morgan fingerprint density at radius 2 is 2.04 bits per heavy atom. The first-order valence-electron chi connectivity index (χ1n) is 7.71. The van der Waals surface area contributed by atoms with Crippen molar-refractivity contribution in [1.29, 1.82) is 0 Å². The highest BCUT2D eigenvalue weighted by Crippen LogP contribution is 2.27. The van der Waals surface area contributed by atoms with Gasteiger partial charge in [-0.05, 0) is 43.3 Å². The van der Waals surface area contributed by atoms with E-state index in [2.05, 4.69) is 4.99 Å². The fourth-order valence-electron chi connectivity index (χ4n) is 2.30. The molecule has 1 heterocycles. The average Bonchev–Trinajstić information content (AvgIpc) is 3.02. The summed E-state index contributed by atoms with van der Waals surface area (Å²) in [4.78, 5) is 18.8. The van der Waals surface area contributed by atoms with Gasteiger partial charge in [-0.15, -0.1) is 0 Å². The first-order valence-corrected chi connectivity index (χ1v) is 9.07. The van der Waals surface area contributed by atoms with Crippen LogP contribution in [-0.2, 0) is 4.79 Å². The lowest BCUT2D eigenvalue weighted by Crippen LogP contribution is -2.38. The third kappa shape index (κ3) is 4.32. The average molecular weight is 379 g/mol. The topological polar surface area (TPSA) is 41.9 Å². The summed E-state index contributed by atoms with van der Waals surface area (Å²) in [6.07, 6.45) is 0. The van der Waals surface area contributed by atoms with Crippen LogP contribution in [0.5, 0.6) is 5.75 Å². The lowest BCUT2D eigenvalue weighted by molar-refractivity contribution is -0.119. The Bertz CT molecular complexity index is 798. The smallest absolute Gasteiger partial charge is 0.271 e. The molecule has 1 unspecified atom stereocenters. The fraction of sp³-hybridized carbons (Fsp3) is 0.222. The summed E-state index contributed by atoms with van der Waals surface area (Å²) in [6.45, 7) is 1.69. The predicted octanol–water partition coefficient (Wildman–Crippen LogP) is 4.38. The molecule has 0 N–H and O–H groups in total. The molecule has 0 saturated carbocycles. The van der Waals surface area contributed by atoms with E-state index in [1.165, 1.54) is 28.8 Å². The standard InChI is InChI=1S/C18H16ClFN2O2S/c1-12-11-25-18(21-12)22(14-8-6-13(19)7-9-14)17(23)10-24-16-5-3-2-4-15(16)20/h2-9,12H,10-11H2,1H3. The highest BCUT2D eigenvalue weighted by Gasteiger charge is 2.27. The molecule has 0 bridgehead atoms. The molecule has 0 aromatic heterocycles. The first-order chi connectivity index (χ1) is 12.0. The molecule has 1 atom stereocenters. The maximum Gasteiger partial charge on any atom is 0.271 e. The van der Waals surface area contributed by atoms with E-state index in [1.54, 1.807) is 36.4 Å². The van der Waals surface area contributed by atoms with Gasteiger partial charge in [-0.25, -0.2) is 4.39 Å². The van der Waals surface area contributed by atoms with E-state index in [0.29, 0.717) is 15.9 Å². The van der Waals surface area contributed by atoms with Crippen molar-refractivity contribution in [1.82, 2.24) is 0 Å². The van der Waals surface area contributed by atoms with Crippen LogP contribution in [-0.4, -0.2) is 29.5 Å². The minimum atomic E-state index is -0.505. The quantitative estimate of drug-likeness (QED) is 0.792. The van der Waals surface area contributed by atoms with Crippen LogP contribution in [0.15, 0.2) is 53.5 Å². The first kappa shape index (κ1) is 17.8. The summed E-state index contributed by atoms with van der Waals surface area (Å²) in [7, 11) is 0. The van der Waals surface area contributed by atoms with Crippen molar-refractivity contribution in [2.24, 2.45) is 4.99 Å². The van der Waals surface area contributed by atoms with Gasteiger partial charge in [0.2, 0.25) is 0 Å². The molecule has 2 aromatic carbocycles. The van der Waals surface area contributed by atoms with Gasteiger partial charge in [0.25, 0.3) is 5.91 Å². The lowest BCUT2D eigenvalue weighted by Gasteiger charge is -2.22. The molecule has 0 saturated heterocycles. The summed E-state index contributed by atoms with van der Waals surface area (Å²) in [5, 5.41) is 1.19. The van der Waals surface area contributed by atoms with Crippen LogP contribution in [0.3, 0.4) is 0 Å². The molecule has 4 nitrogen and oxygen atoms in total. The number of amidine groups is 1. The van der Waals surface area contributed by atoms with Crippen LogP contribution in [0.1, 0.15) is 6.92 Å². The van der Waals surface area contributed by atoms with Crippen molar-refractivity contribution in [3.63, 3.8) is 0 Å². The number of anilines is 1. The maximum absolute atomic E-state index is 13.7. The summed E-state index contributed by atoms with van der Waals surface area (Å²) in [5.74, 6) is 0.0164. The largest absolute Gasteiger partial charge is 0.481 e. The summed E-state index contributed by atoms with van der Waals surface area (Å²) in [6, 6.07) is 13.0. The number of halogens is 2. The molecule has 7 heteroatoms. The van der Waals surface area contributed by atoms with Crippen LogP contribution in [0.2, 0.25) is 5.02 Å². The molecule has 0 fully saturated rings. The second kappa shape index (κ2) is 7.89. The molecule has 1 aliphatic rings. The van der Waals surface area contributed by atoms with Crippen LogP contribution in [0.25, 0.3) is 0 Å². The Kier molecular flexibility index (Phi) is 5.60. The van der Waals surface area contributed by atoms with Crippen molar-refractivity contribution in [2.45, 2.75) is 13.0 Å². The van der Waals surface area contributed by atoms with E-state index in [4.69, 9.17) is 16.3 Å². The van der Waals surface area contributed by atoms with Crippen molar-refractivity contribution >= 4 is 40.1 Å². The van der Waals surface area contributed by atoms with Gasteiger partial charge in [0.15, 0.2) is 23.3 Å². The van der Waals surface area contributed by atoms with E-state index < -0.39 is 5.82 Å². The Morgan fingerprint density at radius 3 is 2.68 bits per heavy atom. The molecule has 1 aliphatic heterocycles. The number of para-hydroxylation sites is 1. The lowest BCUT2D eigenvalue weighted by atomic mass is 10.3. The van der Waals surface area contributed by atoms with E-state index in [1.807, 2.05) is 6.92 Å². The number of benzene rings is 2. The normalized spacial score (nSPS) is 16.4. The Hall–Kier alpha value is -2.05. The molecule has 0 aliphatic carbocycles. The van der Waals surface area contributed by atoms with Crippen LogP contribution >= 0.6 is 23.4 Å². The van der Waals surface area contributed by atoms with Gasteiger partial charge in [-0.3, -0.25) is 14.7 Å². The molecule has 0 radical (unpaired) electrons. The number of aliphatic imine (C=N–C) groups is 1. The minimum Gasteiger partial charge on any atom is -0.481 e. The van der Waals surface area contributed by atoms with Gasteiger partial charge in [-0.1, -0.05) is 35.5 Å². The molecule has 25 heavy (non-hydrogen) atoms. The number of amides is 1. The molecule has 2 aromatic rings. The van der Waals surface area contributed by atoms with Crippen LogP contribution in [0, 0.1) is 5.82 Å². The van der Waals surface area contributed by atoms with Gasteiger partial charge in [0, 0.05) is 10.8 Å². The van der Waals surface area contributed by atoms with Gasteiger partial charge in [0.05, 0.1) is 11.7 Å². The van der Waals surface area contributed by atoms with Crippen molar-refractivity contribution < 1.29 is 13.9 Å². The number of thioether (sulfide) groups is 1. The summed E-state index contributed by atoms with van der Waals surface area (Å²) in [5.41, 5.74) is 0.645. The van der Waals surface area contributed by atoms with E-state index in [9.17, 15) is 9.18 Å². The zero-order valence-electron chi connectivity index (χ0n) is 13.5. The summed E-state index contributed by atoms with van der Waals surface area (Å²) < 4.78 is 19.0. The SMILES string of the molecule is CC1CSC(N(C(=O)COc2ccccc2F)c2ccc(Cl)cc2)=N1. The zero-order chi connectivity index (χ0) is 17.8. The van der Waals surface area contributed by atoms with Gasteiger partial charge in [0.1, 0.15) is 0 Å². The highest BCUT2D eigenvalue weighted by atomic mass is 35.5. The molecule has 3 rings (SSSR count). The Morgan fingerprint density at radius 1 is 1.32 bits per heavy atom. The Balaban J connectivity index is 1.81. The molecule has 0 spiro atoms. The number of rotatable bonds is 4. The fourth-order valence-corrected chi connectivity index (χ4v) is 3.48. The number of carbonyl (C=O) groups is 1. The van der Waals surface area contributed by atoms with Crippen molar-refractivity contribution in [3.05, 3.63) is 59.4 Å². The number of hydrogen-bond acceptors (Lipinski definition) is 4. The van der Waals surface area contributed by atoms with Crippen LogP contribution < -0.4 is 9.64 Å². The van der Waals surface area contributed by atoms with Gasteiger partial charge in [-0.2, -0.15) is 0 Å². The van der Waals surface area contributed by atoms with E-state index >= 15 is 0 Å². The van der Waals surface area contributed by atoms with Gasteiger partial charge >= 0.3 is 0 Å². The van der Waals surface area contributed by atoms with E-state index in [-0.39, 0.29) is 24.3 Å².